The van der Waals surface area contributed by atoms with Crippen LogP contribution in [0.3, 0.4) is 0 Å². The summed E-state index contributed by atoms with van der Waals surface area (Å²) < 4.78 is 5.39. The summed E-state index contributed by atoms with van der Waals surface area (Å²) >= 11 is 0. The van der Waals surface area contributed by atoms with Crippen molar-refractivity contribution in [2.75, 3.05) is 25.1 Å². The van der Waals surface area contributed by atoms with E-state index in [0.29, 0.717) is 18.2 Å². The second-order valence-electron chi connectivity index (χ2n) is 8.20. The van der Waals surface area contributed by atoms with E-state index in [1.54, 1.807) is 13.3 Å². The molecule has 0 radical (unpaired) electrons. The minimum absolute atomic E-state index is 0.0812. The second-order valence-corrected chi connectivity index (χ2v) is 8.20. The molecular formula is C26H29N3O2. The van der Waals surface area contributed by atoms with Crippen molar-refractivity contribution in [1.29, 1.82) is 0 Å². The third-order valence-electron chi connectivity index (χ3n) is 6.15. The fourth-order valence-electron chi connectivity index (χ4n) is 4.24. The molecule has 2 aromatic carbocycles. The van der Waals surface area contributed by atoms with Crippen LogP contribution in [0.2, 0.25) is 0 Å². The number of aromatic nitrogens is 1. The van der Waals surface area contributed by atoms with Crippen LogP contribution in [-0.4, -0.2) is 42.2 Å². The molecule has 1 atom stereocenters. The number of nitrogens with zero attached hydrogens (tertiary/aromatic N) is 3. The maximum atomic E-state index is 9.84. The zero-order valence-electron chi connectivity index (χ0n) is 18.3. The van der Waals surface area contributed by atoms with Gasteiger partial charge in [-0.05, 0) is 54.8 Å². The Labute approximate surface area is 184 Å². The number of hydrogen-bond acceptors (Lipinski definition) is 5. The number of pyridine rings is 1. The Balaban J connectivity index is 1.64. The van der Waals surface area contributed by atoms with Crippen molar-refractivity contribution in [2.24, 2.45) is 5.16 Å². The van der Waals surface area contributed by atoms with Gasteiger partial charge in [-0.3, -0.25) is 4.98 Å². The van der Waals surface area contributed by atoms with Crippen LogP contribution in [0.15, 0.2) is 72.0 Å². The molecule has 1 aliphatic heterocycles. The SMILES string of the molecule is COC1CN(c2ccc([C@@H](CC(=NO)c3ccnc(C)c3)c3ccccc3C)cc2)C1. The summed E-state index contributed by atoms with van der Waals surface area (Å²) in [6.07, 6.45) is 2.68. The maximum Gasteiger partial charge on any atom is 0.0920 e. The number of anilines is 1. The van der Waals surface area contributed by atoms with Gasteiger partial charge in [0.05, 0.1) is 11.8 Å². The van der Waals surface area contributed by atoms with E-state index in [9.17, 15) is 5.21 Å². The summed E-state index contributed by atoms with van der Waals surface area (Å²) in [4.78, 5) is 6.59. The van der Waals surface area contributed by atoms with Crippen molar-refractivity contribution in [1.82, 2.24) is 4.98 Å². The number of aryl methyl sites for hydroxylation is 2. The van der Waals surface area contributed by atoms with E-state index in [1.165, 1.54) is 22.4 Å². The van der Waals surface area contributed by atoms with E-state index in [2.05, 4.69) is 70.5 Å². The molecule has 160 valence electrons. The number of ether oxygens (including phenoxy) is 1. The Morgan fingerprint density at radius 2 is 1.87 bits per heavy atom. The quantitative estimate of drug-likeness (QED) is 0.338. The molecule has 0 unspecified atom stereocenters. The van der Waals surface area contributed by atoms with Crippen LogP contribution in [-0.2, 0) is 4.74 Å². The van der Waals surface area contributed by atoms with Gasteiger partial charge in [-0.25, -0.2) is 0 Å². The van der Waals surface area contributed by atoms with Crippen molar-refractivity contribution >= 4 is 11.4 Å². The fourth-order valence-corrected chi connectivity index (χ4v) is 4.24. The molecule has 3 aromatic rings. The molecule has 2 heterocycles. The lowest BCUT2D eigenvalue weighted by Gasteiger charge is -2.40. The molecule has 0 saturated carbocycles. The van der Waals surface area contributed by atoms with Gasteiger partial charge in [0.1, 0.15) is 0 Å². The van der Waals surface area contributed by atoms with Gasteiger partial charge >= 0.3 is 0 Å². The molecule has 4 rings (SSSR count). The first-order chi connectivity index (χ1) is 15.1. The molecule has 0 bridgehead atoms. The summed E-state index contributed by atoms with van der Waals surface area (Å²) in [7, 11) is 1.77. The largest absolute Gasteiger partial charge is 0.411 e. The minimum Gasteiger partial charge on any atom is -0.411 e. The Morgan fingerprint density at radius 1 is 1.13 bits per heavy atom. The van der Waals surface area contributed by atoms with Gasteiger partial charge in [0.25, 0.3) is 0 Å². The Kier molecular flexibility index (Phi) is 6.33. The second kappa shape index (κ2) is 9.31. The Morgan fingerprint density at radius 3 is 2.52 bits per heavy atom. The zero-order valence-corrected chi connectivity index (χ0v) is 18.3. The summed E-state index contributed by atoms with van der Waals surface area (Å²) in [5.74, 6) is 0.0812. The fraction of sp³-hybridized carbons (Fsp3) is 0.308. The first-order valence-corrected chi connectivity index (χ1v) is 10.7. The number of hydrogen-bond donors (Lipinski definition) is 1. The molecule has 5 heteroatoms. The molecule has 0 spiro atoms. The predicted octanol–water partition coefficient (Wildman–Crippen LogP) is 4.93. The van der Waals surface area contributed by atoms with Crippen LogP contribution in [0.25, 0.3) is 0 Å². The molecule has 1 N–H and O–H groups in total. The van der Waals surface area contributed by atoms with Crippen LogP contribution in [0, 0.1) is 13.8 Å². The number of methoxy groups -OCH3 is 1. The lowest BCUT2D eigenvalue weighted by atomic mass is 9.83. The first kappa shape index (κ1) is 21.1. The van der Waals surface area contributed by atoms with Crippen molar-refractivity contribution in [2.45, 2.75) is 32.3 Å². The molecular weight excluding hydrogens is 386 g/mol. The van der Waals surface area contributed by atoms with Crippen LogP contribution in [0.5, 0.6) is 0 Å². The van der Waals surface area contributed by atoms with Gasteiger partial charge in [0.15, 0.2) is 0 Å². The highest BCUT2D eigenvalue weighted by Crippen LogP contribution is 2.33. The van der Waals surface area contributed by atoms with Crippen LogP contribution in [0.4, 0.5) is 5.69 Å². The van der Waals surface area contributed by atoms with Crippen molar-refractivity contribution in [3.8, 4) is 0 Å². The standard InChI is InChI=1S/C26H29N3O2/c1-18-6-4-5-7-24(18)25(15-26(28-30)21-12-13-27-19(2)14-21)20-8-10-22(11-9-20)29-16-23(17-29)31-3/h4-14,23,25,30H,15-17H2,1-3H3/t25-/m1/s1. The molecule has 1 aromatic heterocycles. The average molecular weight is 416 g/mol. The third-order valence-corrected chi connectivity index (χ3v) is 6.15. The van der Waals surface area contributed by atoms with E-state index in [0.717, 1.165) is 24.3 Å². The summed E-state index contributed by atoms with van der Waals surface area (Å²) in [6.45, 7) is 5.94. The minimum atomic E-state index is 0.0812. The van der Waals surface area contributed by atoms with Gasteiger partial charge in [0.2, 0.25) is 0 Å². The van der Waals surface area contributed by atoms with E-state index < -0.39 is 0 Å². The number of benzene rings is 2. The zero-order chi connectivity index (χ0) is 21.8. The molecule has 0 amide bonds. The van der Waals surface area contributed by atoms with Crippen molar-refractivity contribution < 1.29 is 9.94 Å². The lowest BCUT2D eigenvalue weighted by molar-refractivity contribution is 0.0788. The van der Waals surface area contributed by atoms with Crippen LogP contribution in [0.1, 0.15) is 40.3 Å². The molecule has 0 aliphatic carbocycles. The number of oxime groups is 1. The van der Waals surface area contributed by atoms with Crippen molar-refractivity contribution in [3.05, 3.63) is 94.8 Å². The van der Waals surface area contributed by atoms with E-state index in [-0.39, 0.29) is 5.92 Å². The molecule has 1 aliphatic rings. The van der Waals surface area contributed by atoms with Gasteiger partial charge in [-0.1, -0.05) is 41.6 Å². The number of rotatable bonds is 7. The Bertz CT molecular complexity index is 1060. The molecule has 31 heavy (non-hydrogen) atoms. The van der Waals surface area contributed by atoms with Gasteiger partial charge < -0.3 is 14.8 Å². The van der Waals surface area contributed by atoms with Gasteiger partial charge in [0, 0.05) is 55.7 Å². The maximum absolute atomic E-state index is 9.84. The third kappa shape index (κ3) is 4.62. The lowest BCUT2D eigenvalue weighted by Crippen LogP contribution is -2.51. The normalized spacial score (nSPS) is 15.6. The van der Waals surface area contributed by atoms with Crippen LogP contribution < -0.4 is 4.90 Å². The molecule has 5 nitrogen and oxygen atoms in total. The molecule has 1 fully saturated rings. The topological polar surface area (TPSA) is 58.0 Å². The monoisotopic (exact) mass is 415 g/mol. The van der Waals surface area contributed by atoms with Gasteiger partial charge in [-0.2, -0.15) is 0 Å². The predicted molar refractivity (Wildman–Crippen MR) is 124 cm³/mol. The first-order valence-electron chi connectivity index (χ1n) is 10.7. The summed E-state index contributed by atoms with van der Waals surface area (Å²) in [5.41, 5.74) is 7.34. The summed E-state index contributed by atoms with van der Waals surface area (Å²) in [6, 6.07) is 21.0. The van der Waals surface area contributed by atoms with Crippen molar-refractivity contribution in [3.63, 3.8) is 0 Å². The Hall–Kier alpha value is -3.18. The van der Waals surface area contributed by atoms with E-state index in [1.807, 2.05) is 19.1 Å². The van der Waals surface area contributed by atoms with E-state index >= 15 is 0 Å². The average Bonchev–Trinajstić information content (AvgIpc) is 2.75. The smallest absolute Gasteiger partial charge is 0.0920 e. The van der Waals surface area contributed by atoms with E-state index in [4.69, 9.17) is 4.74 Å². The highest BCUT2D eigenvalue weighted by atomic mass is 16.5. The molecule has 1 saturated heterocycles. The summed E-state index contributed by atoms with van der Waals surface area (Å²) in [5, 5.41) is 13.5. The highest BCUT2D eigenvalue weighted by Gasteiger charge is 2.27. The van der Waals surface area contributed by atoms with Crippen LogP contribution >= 0.6 is 0 Å². The highest BCUT2D eigenvalue weighted by molar-refractivity contribution is 6.01. The van der Waals surface area contributed by atoms with Gasteiger partial charge in [-0.15, -0.1) is 0 Å².